The summed E-state index contributed by atoms with van der Waals surface area (Å²) in [6, 6.07) is 16.4. The van der Waals surface area contributed by atoms with Gasteiger partial charge in [0.15, 0.2) is 9.84 Å². The van der Waals surface area contributed by atoms with E-state index in [4.69, 9.17) is 0 Å². The summed E-state index contributed by atoms with van der Waals surface area (Å²) in [6.45, 7) is 2.00. The second-order valence-corrected chi connectivity index (χ2v) is 8.66. The minimum atomic E-state index is -3.24. The first-order valence-electron chi connectivity index (χ1n) is 7.83. The highest BCUT2D eigenvalue weighted by Crippen LogP contribution is 2.21. The van der Waals surface area contributed by atoms with Gasteiger partial charge in [0, 0.05) is 5.75 Å². The Morgan fingerprint density at radius 2 is 1.76 bits per heavy atom. The smallest absolute Gasteiger partial charge is 0.214 e. The molecule has 130 valence electrons. The molecule has 1 aromatic heterocycles. The molecule has 6 nitrogen and oxygen atoms in total. The van der Waals surface area contributed by atoms with Gasteiger partial charge >= 0.3 is 0 Å². The van der Waals surface area contributed by atoms with Gasteiger partial charge in [-0.15, -0.1) is 5.10 Å². The molecule has 0 fully saturated rings. The monoisotopic (exact) mass is 374 g/mol. The molecule has 1 heterocycles. The third-order valence-electron chi connectivity index (χ3n) is 3.68. The average Bonchev–Trinajstić information content (AvgIpc) is 3.08. The second-order valence-electron chi connectivity index (χ2n) is 5.49. The van der Waals surface area contributed by atoms with Gasteiger partial charge in [0.1, 0.15) is 0 Å². The Bertz CT molecular complexity index is 940. The van der Waals surface area contributed by atoms with Crippen molar-refractivity contribution in [2.24, 2.45) is 0 Å². The molecule has 0 aliphatic rings. The predicted molar refractivity (Wildman–Crippen MR) is 97.7 cm³/mol. The Hall–Kier alpha value is -2.19. The van der Waals surface area contributed by atoms with Gasteiger partial charge in [0.25, 0.3) is 0 Å². The van der Waals surface area contributed by atoms with Crippen molar-refractivity contribution in [1.82, 2.24) is 20.2 Å². The van der Waals surface area contributed by atoms with Crippen LogP contribution in [-0.2, 0) is 9.84 Å². The maximum atomic E-state index is 12.3. The number of tetrazole rings is 1. The quantitative estimate of drug-likeness (QED) is 0.467. The molecule has 0 N–H and O–H groups in total. The van der Waals surface area contributed by atoms with Crippen LogP contribution in [0, 0.1) is 6.92 Å². The van der Waals surface area contributed by atoms with Crippen molar-refractivity contribution in [2.75, 3.05) is 11.5 Å². The first-order chi connectivity index (χ1) is 12.1. The highest BCUT2D eigenvalue weighted by atomic mass is 32.2. The molecule has 0 saturated carbocycles. The number of benzene rings is 2. The number of hydrogen-bond acceptors (Lipinski definition) is 6. The second kappa shape index (κ2) is 7.79. The van der Waals surface area contributed by atoms with Crippen LogP contribution < -0.4 is 0 Å². The third kappa shape index (κ3) is 4.26. The van der Waals surface area contributed by atoms with E-state index in [1.807, 2.05) is 31.2 Å². The molecule has 0 amide bonds. The standard InChI is InChI=1S/C17H18N4O2S2/c1-14-8-5-6-11-16(14)21-17(18-19-20-21)24-12-7-13-25(22,23)15-9-3-2-4-10-15/h2-6,8-11H,7,12-13H2,1H3. The summed E-state index contributed by atoms with van der Waals surface area (Å²) in [4.78, 5) is 0.366. The summed E-state index contributed by atoms with van der Waals surface area (Å²) in [6.07, 6.45) is 0.530. The van der Waals surface area contributed by atoms with Crippen molar-refractivity contribution in [3.8, 4) is 5.69 Å². The van der Waals surface area contributed by atoms with Gasteiger partial charge in [-0.3, -0.25) is 0 Å². The van der Waals surface area contributed by atoms with Crippen molar-refractivity contribution in [3.05, 3.63) is 60.2 Å². The van der Waals surface area contributed by atoms with E-state index in [1.165, 1.54) is 11.8 Å². The summed E-state index contributed by atoms with van der Waals surface area (Å²) in [5.74, 6) is 0.730. The molecule has 0 radical (unpaired) electrons. The lowest BCUT2D eigenvalue weighted by atomic mass is 10.2. The van der Waals surface area contributed by atoms with Crippen LogP contribution in [0.5, 0.6) is 0 Å². The molecule has 0 bridgehead atoms. The normalized spacial score (nSPS) is 11.6. The van der Waals surface area contributed by atoms with E-state index in [1.54, 1.807) is 35.0 Å². The van der Waals surface area contributed by atoms with Crippen LogP contribution in [0.2, 0.25) is 0 Å². The van der Waals surface area contributed by atoms with Gasteiger partial charge in [-0.25, -0.2) is 8.42 Å². The van der Waals surface area contributed by atoms with E-state index >= 15 is 0 Å². The molecule has 0 saturated heterocycles. The number of thioether (sulfide) groups is 1. The fourth-order valence-electron chi connectivity index (χ4n) is 2.38. The number of nitrogens with zero attached hydrogens (tertiary/aromatic N) is 4. The number of para-hydroxylation sites is 1. The Balaban J connectivity index is 1.61. The molecule has 2 aromatic carbocycles. The summed E-state index contributed by atoms with van der Waals surface area (Å²) >= 11 is 1.46. The maximum absolute atomic E-state index is 12.3. The van der Waals surface area contributed by atoms with Gasteiger partial charge in [0.2, 0.25) is 5.16 Å². The van der Waals surface area contributed by atoms with Gasteiger partial charge in [-0.2, -0.15) is 4.68 Å². The number of rotatable bonds is 7. The molecule has 0 atom stereocenters. The van der Waals surface area contributed by atoms with Crippen LogP contribution in [0.3, 0.4) is 0 Å². The molecule has 8 heteroatoms. The minimum absolute atomic E-state index is 0.107. The largest absolute Gasteiger partial charge is 0.224 e. The van der Waals surface area contributed by atoms with E-state index < -0.39 is 9.84 Å². The van der Waals surface area contributed by atoms with Crippen LogP contribution in [0.1, 0.15) is 12.0 Å². The molecular weight excluding hydrogens is 356 g/mol. The zero-order valence-corrected chi connectivity index (χ0v) is 15.4. The number of aromatic nitrogens is 4. The van der Waals surface area contributed by atoms with E-state index in [-0.39, 0.29) is 5.75 Å². The molecule has 3 aromatic rings. The number of aryl methyl sites for hydroxylation is 1. The van der Waals surface area contributed by atoms with Crippen LogP contribution in [0.25, 0.3) is 5.69 Å². The zero-order valence-electron chi connectivity index (χ0n) is 13.7. The Morgan fingerprint density at radius 3 is 2.52 bits per heavy atom. The van der Waals surface area contributed by atoms with Gasteiger partial charge in [-0.05, 0) is 47.5 Å². The molecule has 3 rings (SSSR count). The van der Waals surface area contributed by atoms with E-state index in [0.717, 1.165) is 11.3 Å². The predicted octanol–water partition coefficient (Wildman–Crippen LogP) is 2.93. The lowest BCUT2D eigenvalue weighted by molar-refractivity contribution is 0.595. The van der Waals surface area contributed by atoms with Crippen LogP contribution in [-0.4, -0.2) is 40.1 Å². The fraction of sp³-hybridized carbons (Fsp3) is 0.235. The van der Waals surface area contributed by atoms with Gasteiger partial charge in [-0.1, -0.05) is 48.2 Å². The summed E-state index contributed by atoms with van der Waals surface area (Å²) < 4.78 is 26.2. The van der Waals surface area contributed by atoms with Crippen LogP contribution in [0.4, 0.5) is 0 Å². The highest BCUT2D eigenvalue weighted by molar-refractivity contribution is 7.99. The van der Waals surface area contributed by atoms with Crippen LogP contribution >= 0.6 is 11.8 Å². The van der Waals surface area contributed by atoms with Crippen molar-refractivity contribution < 1.29 is 8.42 Å². The topological polar surface area (TPSA) is 77.7 Å². The molecule has 0 unspecified atom stereocenters. The summed E-state index contributed by atoms with van der Waals surface area (Å²) in [5.41, 5.74) is 2.00. The van der Waals surface area contributed by atoms with Crippen molar-refractivity contribution in [1.29, 1.82) is 0 Å². The van der Waals surface area contributed by atoms with Gasteiger partial charge in [0.05, 0.1) is 16.3 Å². The first kappa shape index (κ1) is 17.6. The van der Waals surface area contributed by atoms with Crippen molar-refractivity contribution in [3.63, 3.8) is 0 Å². The Kier molecular flexibility index (Phi) is 5.50. The van der Waals surface area contributed by atoms with E-state index in [0.29, 0.717) is 22.2 Å². The molecule has 0 spiro atoms. The number of sulfone groups is 1. The average molecular weight is 374 g/mol. The number of hydrogen-bond donors (Lipinski definition) is 0. The third-order valence-corrected chi connectivity index (χ3v) is 6.50. The summed E-state index contributed by atoms with van der Waals surface area (Å²) in [5, 5.41) is 12.5. The minimum Gasteiger partial charge on any atom is -0.224 e. The molecule has 25 heavy (non-hydrogen) atoms. The van der Waals surface area contributed by atoms with E-state index in [2.05, 4.69) is 15.5 Å². The SMILES string of the molecule is Cc1ccccc1-n1nnnc1SCCCS(=O)(=O)c1ccccc1. The van der Waals surface area contributed by atoms with Crippen molar-refractivity contribution in [2.45, 2.75) is 23.4 Å². The zero-order chi connectivity index (χ0) is 17.7. The molecular formula is C17H18N4O2S2. The van der Waals surface area contributed by atoms with Crippen LogP contribution in [0.15, 0.2) is 64.6 Å². The highest BCUT2D eigenvalue weighted by Gasteiger charge is 2.15. The lowest BCUT2D eigenvalue weighted by Gasteiger charge is -2.07. The maximum Gasteiger partial charge on any atom is 0.214 e. The lowest BCUT2D eigenvalue weighted by Crippen LogP contribution is -2.08. The molecule has 0 aliphatic heterocycles. The fourth-order valence-corrected chi connectivity index (χ4v) is 4.72. The Labute approximate surface area is 151 Å². The summed E-state index contributed by atoms with van der Waals surface area (Å²) in [7, 11) is -3.24. The van der Waals surface area contributed by atoms with E-state index in [9.17, 15) is 8.42 Å². The van der Waals surface area contributed by atoms with Crippen molar-refractivity contribution >= 4 is 21.6 Å². The molecule has 0 aliphatic carbocycles. The first-order valence-corrected chi connectivity index (χ1v) is 10.5. The van der Waals surface area contributed by atoms with Gasteiger partial charge < -0.3 is 0 Å². The Morgan fingerprint density at radius 1 is 1.04 bits per heavy atom.